The maximum absolute atomic E-state index is 13.8. The quantitative estimate of drug-likeness (QED) is 0.842. The predicted octanol–water partition coefficient (Wildman–Crippen LogP) is 4.95. The van der Waals surface area contributed by atoms with Crippen molar-refractivity contribution in [1.29, 1.82) is 0 Å². The Kier molecular flexibility index (Phi) is 4.15. The van der Waals surface area contributed by atoms with Gasteiger partial charge in [0.1, 0.15) is 11.6 Å². The number of benzene rings is 2. The van der Waals surface area contributed by atoms with E-state index in [1.54, 1.807) is 13.2 Å². The molecule has 1 fully saturated rings. The smallest absolute Gasteiger partial charge is 0.147 e. The second kappa shape index (κ2) is 6.06. The number of halogens is 2. The third kappa shape index (κ3) is 3.21. The summed E-state index contributed by atoms with van der Waals surface area (Å²) in [5.41, 5.74) is 1.90. The second-order valence-electron chi connectivity index (χ2n) is 5.41. The molecular formula is C17H17BrFNO. The van der Waals surface area contributed by atoms with Crippen LogP contribution in [-0.2, 0) is 0 Å². The largest absolute Gasteiger partial charge is 0.497 e. The number of ether oxygens (including phenoxy) is 1. The Bertz CT molecular complexity index is 623. The number of methoxy groups -OCH3 is 1. The maximum Gasteiger partial charge on any atom is 0.147 e. The topological polar surface area (TPSA) is 21.3 Å². The lowest BCUT2D eigenvalue weighted by atomic mass is 9.76. The summed E-state index contributed by atoms with van der Waals surface area (Å²) in [6.07, 6.45) is 2.06. The summed E-state index contributed by atoms with van der Waals surface area (Å²) in [5.74, 6) is 1.22. The first-order valence-corrected chi connectivity index (χ1v) is 7.80. The minimum absolute atomic E-state index is 0.211. The van der Waals surface area contributed by atoms with Gasteiger partial charge in [0.2, 0.25) is 0 Å². The fourth-order valence-electron chi connectivity index (χ4n) is 2.71. The van der Waals surface area contributed by atoms with E-state index in [4.69, 9.17) is 4.74 Å². The SMILES string of the molecule is COc1ccc(C2CC(Nc3ccc(Br)cc3F)C2)cc1. The highest BCUT2D eigenvalue weighted by Crippen LogP contribution is 2.39. The Hall–Kier alpha value is -1.55. The van der Waals surface area contributed by atoms with Crippen molar-refractivity contribution < 1.29 is 9.13 Å². The molecule has 2 aromatic carbocycles. The monoisotopic (exact) mass is 349 g/mol. The van der Waals surface area contributed by atoms with Crippen LogP contribution in [0.15, 0.2) is 46.9 Å². The molecule has 4 heteroatoms. The van der Waals surface area contributed by atoms with Gasteiger partial charge in [-0.25, -0.2) is 4.39 Å². The number of rotatable bonds is 4. The molecule has 3 rings (SSSR count). The van der Waals surface area contributed by atoms with Gasteiger partial charge in [0, 0.05) is 10.5 Å². The molecule has 1 N–H and O–H groups in total. The molecule has 1 aliphatic carbocycles. The number of hydrogen-bond donors (Lipinski definition) is 1. The van der Waals surface area contributed by atoms with Gasteiger partial charge in [0.25, 0.3) is 0 Å². The maximum atomic E-state index is 13.8. The average molecular weight is 350 g/mol. The van der Waals surface area contributed by atoms with Gasteiger partial charge in [-0.2, -0.15) is 0 Å². The molecule has 110 valence electrons. The zero-order chi connectivity index (χ0) is 14.8. The van der Waals surface area contributed by atoms with E-state index in [2.05, 4.69) is 33.4 Å². The van der Waals surface area contributed by atoms with Crippen molar-refractivity contribution in [2.75, 3.05) is 12.4 Å². The highest BCUT2D eigenvalue weighted by Gasteiger charge is 2.30. The van der Waals surface area contributed by atoms with Gasteiger partial charge in [-0.3, -0.25) is 0 Å². The summed E-state index contributed by atoms with van der Waals surface area (Å²) < 4.78 is 19.7. The zero-order valence-electron chi connectivity index (χ0n) is 11.8. The fraction of sp³-hybridized carbons (Fsp3) is 0.294. The van der Waals surface area contributed by atoms with E-state index < -0.39 is 0 Å². The molecule has 0 radical (unpaired) electrons. The molecule has 0 bridgehead atoms. The zero-order valence-corrected chi connectivity index (χ0v) is 13.4. The summed E-state index contributed by atoms with van der Waals surface area (Å²) >= 11 is 3.27. The first-order valence-electron chi connectivity index (χ1n) is 7.01. The molecular weight excluding hydrogens is 333 g/mol. The molecule has 21 heavy (non-hydrogen) atoms. The van der Waals surface area contributed by atoms with Crippen molar-refractivity contribution in [2.24, 2.45) is 0 Å². The van der Waals surface area contributed by atoms with Crippen LogP contribution in [0, 0.1) is 5.82 Å². The molecule has 1 saturated carbocycles. The van der Waals surface area contributed by atoms with Crippen molar-refractivity contribution in [2.45, 2.75) is 24.8 Å². The van der Waals surface area contributed by atoms with Crippen LogP contribution in [-0.4, -0.2) is 13.2 Å². The van der Waals surface area contributed by atoms with Crippen molar-refractivity contribution in [3.63, 3.8) is 0 Å². The van der Waals surface area contributed by atoms with E-state index >= 15 is 0 Å². The molecule has 0 saturated heterocycles. The Morgan fingerprint density at radius 1 is 1.14 bits per heavy atom. The highest BCUT2D eigenvalue weighted by atomic mass is 79.9. The minimum Gasteiger partial charge on any atom is -0.497 e. The minimum atomic E-state index is -0.211. The molecule has 0 aromatic heterocycles. The van der Waals surface area contributed by atoms with Crippen LogP contribution in [0.1, 0.15) is 24.3 Å². The van der Waals surface area contributed by atoms with Gasteiger partial charge in [-0.15, -0.1) is 0 Å². The Labute approximate surface area is 132 Å². The summed E-state index contributed by atoms with van der Waals surface area (Å²) in [6, 6.07) is 13.7. The van der Waals surface area contributed by atoms with Crippen molar-refractivity contribution in [3.8, 4) is 5.75 Å². The van der Waals surface area contributed by atoms with Crippen molar-refractivity contribution in [1.82, 2.24) is 0 Å². The van der Waals surface area contributed by atoms with Crippen molar-refractivity contribution in [3.05, 3.63) is 58.3 Å². The summed E-state index contributed by atoms with van der Waals surface area (Å²) in [7, 11) is 1.67. The van der Waals surface area contributed by atoms with Gasteiger partial charge in [0.15, 0.2) is 0 Å². The Balaban J connectivity index is 1.57. The van der Waals surface area contributed by atoms with E-state index in [-0.39, 0.29) is 5.82 Å². The lowest BCUT2D eigenvalue weighted by Gasteiger charge is -2.37. The molecule has 1 aliphatic rings. The second-order valence-corrected chi connectivity index (χ2v) is 6.32. The lowest BCUT2D eigenvalue weighted by molar-refractivity contribution is 0.372. The van der Waals surface area contributed by atoms with Gasteiger partial charge in [-0.1, -0.05) is 28.1 Å². The normalized spacial score (nSPS) is 20.7. The van der Waals surface area contributed by atoms with Crippen LogP contribution in [0.3, 0.4) is 0 Å². The Morgan fingerprint density at radius 2 is 1.86 bits per heavy atom. The summed E-state index contributed by atoms with van der Waals surface area (Å²) in [6.45, 7) is 0. The first-order chi connectivity index (χ1) is 10.2. The molecule has 0 aliphatic heterocycles. The van der Waals surface area contributed by atoms with E-state index in [1.165, 1.54) is 11.6 Å². The number of hydrogen-bond acceptors (Lipinski definition) is 2. The van der Waals surface area contributed by atoms with E-state index in [9.17, 15) is 4.39 Å². The summed E-state index contributed by atoms with van der Waals surface area (Å²) in [5, 5.41) is 3.28. The lowest BCUT2D eigenvalue weighted by Crippen LogP contribution is -2.34. The van der Waals surface area contributed by atoms with Crippen LogP contribution in [0.25, 0.3) is 0 Å². The van der Waals surface area contributed by atoms with Gasteiger partial charge in [-0.05, 0) is 54.7 Å². The average Bonchev–Trinajstić information content (AvgIpc) is 2.44. The van der Waals surface area contributed by atoms with E-state index in [0.29, 0.717) is 17.6 Å². The summed E-state index contributed by atoms with van der Waals surface area (Å²) in [4.78, 5) is 0. The molecule has 2 aromatic rings. The molecule has 2 nitrogen and oxygen atoms in total. The highest BCUT2D eigenvalue weighted by molar-refractivity contribution is 9.10. The molecule has 0 amide bonds. The first kappa shape index (κ1) is 14.4. The number of nitrogens with one attached hydrogen (secondary N) is 1. The van der Waals surface area contributed by atoms with Crippen LogP contribution in [0.4, 0.5) is 10.1 Å². The molecule has 0 spiro atoms. The standard InChI is InChI=1S/C17H17BrFNO/c1-21-15-5-2-11(3-6-15)12-8-14(9-12)20-17-7-4-13(18)10-16(17)19/h2-7,10,12,14,20H,8-9H2,1H3. The van der Waals surface area contributed by atoms with Crippen LogP contribution >= 0.6 is 15.9 Å². The van der Waals surface area contributed by atoms with Gasteiger partial charge < -0.3 is 10.1 Å². The van der Waals surface area contributed by atoms with E-state index in [0.717, 1.165) is 23.1 Å². The fourth-order valence-corrected chi connectivity index (χ4v) is 3.04. The Morgan fingerprint density at radius 3 is 2.48 bits per heavy atom. The molecule has 0 heterocycles. The van der Waals surface area contributed by atoms with Crippen molar-refractivity contribution >= 4 is 21.6 Å². The third-order valence-corrected chi connectivity index (χ3v) is 4.51. The van der Waals surface area contributed by atoms with Crippen LogP contribution in [0.2, 0.25) is 0 Å². The molecule has 0 unspecified atom stereocenters. The van der Waals surface area contributed by atoms with Crippen LogP contribution < -0.4 is 10.1 Å². The predicted molar refractivity (Wildman–Crippen MR) is 86.5 cm³/mol. The van der Waals surface area contributed by atoms with Gasteiger partial charge >= 0.3 is 0 Å². The van der Waals surface area contributed by atoms with E-state index in [1.807, 2.05) is 18.2 Å². The molecule has 0 atom stereocenters. The van der Waals surface area contributed by atoms with Crippen LogP contribution in [0.5, 0.6) is 5.75 Å². The third-order valence-electron chi connectivity index (χ3n) is 4.02. The number of anilines is 1. The van der Waals surface area contributed by atoms with Gasteiger partial charge in [0.05, 0.1) is 12.8 Å².